The zero-order chi connectivity index (χ0) is 15.8. The second-order valence-corrected chi connectivity index (χ2v) is 5.42. The summed E-state index contributed by atoms with van der Waals surface area (Å²) in [6, 6.07) is 23.3. The van der Waals surface area contributed by atoms with Gasteiger partial charge in [-0.15, -0.1) is 0 Å². The van der Waals surface area contributed by atoms with Gasteiger partial charge in [-0.2, -0.15) is 0 Å². The minimum atomic E-state index is -0.330. The van der Waals surface area contributed by atoms with Crippen molar-refractivity contribution in [1.82, 2.24) is 5.32 Å². The normalized spacial score (nSPS) is 12.9. The molecule has 0 bridgehead atoms. The Bertz CT molecular complexity index is 929. The molecule has 0 aromatic heterocycles. The standard InChI is InChI=1S/C20H13NO2/c22-19-17-12-6-11-16(18(17)20(23)21-19)15-10-5-4-9-14(15)13-7-2-1-3-8-13/h1-12H,(H,21,22,23). The third-order valence-electron chi connectivity index (χ3n) is 4.07. The first-order chi connectivity index (χ1) is 11.3. The highest BCUT2D eigenvalue weighted by atomic mass is 16.2. The molecule has 1 heterocycles. The lowest BCUT2D eigenvalue weighted by Crippen LogP contribution is -2.20. The summed E-state index contributed by atoms with van der Waals surface area (Å²) in [4.78, 5) is 24.1. The van der Waals surface area contributed by atoms with E-state index >= 15 is 0 Å². The Morgan fingerprint density at radius 1 is 0.522 bits per heavy atom. The van der Waals surface area contributed by atoms with E-state index in [1.165, 1.54) is 0 Å². The van der Waals surface area contributed by atoms with Gasteiger partial charge in [0.15, 0.2) is 0 Å². The van der Waals surface area contributed by atoms with E-state index in [2.05, 4.69) is 5.32 Å². The van der Waals surface area contributed by atoms with Crippen molar-refractivity contribution >= 4 is 11.8 Å². The lowest BCUT2D eigenvalue weighted by molar-refractivity contribution is 0.0880. The number of nitrogens with one attached hydrogen (secondary N) is 1. The zero-order valence-corrected chi connectivity index (χ0v) is 12.2. The van der Waals surface area contributed by atoms with Crippen molar-refractivity contribution in [3.63, 3.8) is 0 Å². The SMILES string of the molecule is O=C1NC(=O)c2c1cccc2-c1ccccc1-c1ccccc1. The number of imide groups is 1. The molecule has 2 amide bonds. The molecule has 0 saturated heterocycles. The molecule has 0 unspecified atom stereocenters. The van der Waals surface area contributed by atoms with E-state index < -0.39 is 0 Å². The number of carbonyl (C=O) groups is 2. The predicted molar refractivity (Wildman–Crippen MR) is 89.1 cm³/mol. The molecule has 1 aliphatic rings. The molecule has 110 valence electrons. The third kappa shape index (κ3) is 2.14. The van der Waals surface area contributed by atoms with Gasteiger partial charge in [-0.3, -0.25) is 14.9 Å². The van der Waals surface area contributed by atoms with Crippen LogP contribution in [0.15, 0.2) is 72.8 Å². The average Bonchev–Trinajstić information content (AvgIpc) is 2.90. The summed E-state index contributed by atoms with van der Waals surface area (Å²) in [6.45, 7) is 0. The molecular weight excluding hydrogens is 286 g/mol. The van der Waals surface area contributed by atoms with Crippen LogP contribution in [0.4, 0.5) is 0 Å². The van der Waals surface area contributed by atoms with E-state index in [9.17, 15) is 9.59 Å². The number of rotatable bonds is 2. The molecule has 0 aliphatic carbocycles. The maximum atomic E-state index is 12.2. The smallest absolute Gasteiger partial charge is 0.259 e. The van der Waals surface area contributed by atoms with Crippen LogP contribution in [0.1, 0.15) is 20.7 Å². The molecule has 1 N–H and O–H groups in total. The van der Waals surface area contributed by atoms with E-state index in [-0.39, 0.29) is 11.8 Å². The Balaban J connectivity index is 1.98. The van der Waals surface area contributed by atoms with E-state index in [4.69, 9.17) is 0 Å². The third-order valence-corrected chi connectivity index (χ3v) is 4.07. The predicted octanol–water partition coefficient (Wildman–Crippen LogP) is 3.90. The molecule has 0 fully saturated rings. The first-order valence-corrected chi connectivity index (χ1v) is 7.39. The highest BCUT2D eigenvalue weighted by molar-refractivity contribution is 6.24. The first kappa shape index (κ1) is 13.5. The van der Waals surface area contributed by atoms with Crippen LogP contribution in [0.25, 0.3) is 22.3 Å². The number of hydrogen-bond donors (Lipinski definition) is 1. The lowest BCUT2D eigenvalue weighted by atomic mass is 9.90. The van der Waals surface area contributed by atoms with Crippen LogP contribution in [0.2, 0.25) is 0 Å². The van der Waals surface area contributed by atoms with Crippen LogP contribution in [-0.2, 0) is 0 Å². The van der Waals surface area contributed by atoms with Gasteiger partial charge in [0.05, 0.1) is 11.1 Å². The Labute approximate surface area is 133 Å². The molecule has 4 rings (SSSR count). The van der Waals surface area contributed by atoms with Crippen LogP contribution in [0.5, 0.6) is 0 Å². The number of fused-ring (bicyclic) bond motifs is 1. The molecule has 3 aromatic rings. The van der Waals surface area contributed by atoms with Gasteiger partial charge in [-0.05, 0) is 28.3 Å². The van der Waals surface area contributed by atoms with Crippen molar-refractivity contribution in [2.24, 2.45) is 0 Å². The van der Waals surface area contributed by atoms with Crippen LogP contribution >= 0.6 is 0 Å². The van der Waals surface area contributed by atoms with Crippen molar-refractivity contribution in [2.45, 2.75) is 0 Å². The molecule has 0 spiro atoms. The number of benzene rings is 3. The molecule has 1 aliphatic heterocycles. The number of hydrogen-bond acceptors (Lipinski definition) is 2. The van der Waals surface area contributed by atoms with E-state index in [0.717, 1.165) is 22.3 Å². The van der Waals surface area contributed by atoms with E-state index in [0.29, 0.717) is 11.1 Å². The Kier molecular flexibility index (Phi) is 3.05. The number of carbonyl (C=O) groups excluding carboxylic acids is 2. The monoisotopic (exact) mass is 299 g/mol. The van der Waals surface area contributed by atoms with Crippen LogP contribution in [0.3, 0.4) is 0 Å². The summed E-state index contributed by atoms with van der Waals surface area (Å²) < 4.78 is 0. The van der Waals surface area contributed by atoms with Crippen LogP contribution < -0.4 is 5.32 Å². The fourth-order valence-electron chi connectivity index (χ4n) is 3.03. The summed E-state index contributed by atoms with van der Waals surface area (Å²) in [5, 5.41) is 2.37. The Hall–Kier alpha value is -3.20. The second-order valence-electron chi connectivity index (χ2n) is 5.42. The van der Waals surface area contributed by atoms with Crippen molar-refractivity contribution < 1.29 is 9.59 Å². The molecular formula is C20H13NO2. The van der Waals surface area contributed by atoms with Gasteiger partial charge in [0.2, 0.25) is 0 Å². The van der Waals surface area contributed by atoms with Gasteiger partial charge in [-0.25, -0.2) is 0 Å². The van der Waals surface area contributed by atoms with E-state index in [1.807, 2.05) is 66.7 Å². The minimum absolute atomic E-state index is 0.330. The molecule has 0 saturated carbocycles. The zero-order valence-electron chi connectivity index (χ0n) is 12.2. The molecule has 0 radical (unpaired) electrons. The minimum Gasteiger partial charge on any atom is -0.288 e. The summed E-state index contributed by atoms with van der Waals surface area (Å²) in [5.41, 5.74) is 4.74. The van der Waals surface area contributed by atoms with Gasteiger partial charge < -0.3 is 0 Å². The molecule has 23 heavy (non-hydrogen) atoms. The summed E-state index contributed by atoms with van der Waals surface area (Å²) in [6.07, 6.45) is 0. The van der Waals surface area contributed by atoms with E-state index in [1.54, 1.807) is 6.07 Å². The maximum absolute atomic E-state index is 12.2. The van der Waals surface area contributed by atoms with Crippen molar-refractivity contribution in [3.05, 3.63) is 83.9 Å². The Morgan fingerprint density at radius 2 is 1.13 bits per heavy atom. The molecule has 3 aromatic carbocycles. The first-order valence-electron chi connectivity index (χ1n) is 7.39. The fourth-order valence-corrected chi connectivity index (χ4v) is 3.03. The highest BCUT2D eigenvalue weighted by Gasteiger charge is 2.30. The summed E-state index contributed by atoms with van der Waals surface area (Å²) in [5.74, 6) is -0.660. The quantitative estimate of drug-likeness (QED) is 0.729. The van der Waals surface area contributed by atoms with Crippen LogP contribution in [0, 0.1) is 0 Å². The fraction of sp³-hybridized carbons (Fsp3) is 0. The molecule has 3 heteroatoms. The average molecular weight is 299 g/mol. The van der Waals surface area contributed by atoms with Gasteiger partial charge in [0.1, 0.15) is 0 Å². The summed E-state index contributed by atoms with van der Waals surface area (Å²) >= 11 is 0. The molecule has 3 nitrogen and oxygen atoms in total. The van der Waals surface area contributed by atoms with Gasteiger partial charge in [0, 0.05) is 0 Å². The number of amides is 2. The van der Waals surface area contributed by atoms with Crippen molar-refractivity contribution in [2.75, 3.05) is 0 Å². The highest BCUT2D eigenvalue weighted by Crippen LogP contribution is 2.36. The summed E-state index contributed by atoms with van der Waals surface area (Å²) in [7, 11) is 0. The largest absolute Gasteiger partial charge is 0.288 e. The lowest BCUT2D eigenvalue weighted by Gasteiger charge is -2.12. The van der Waals surface area contributed by atoms with Gasteiger partial charge in [-0.1, -0.05) is 66.7 Å². The van der Waals surface area contributed by atoms with Crippen LogP contribution in [-0.4, -0.2) is 11.8 Å². The van der Waals surface area contributed by atoms with Crippen molar-refractivity contribution in [3.8, 4) is 22.3 Å². The topological polar surface area (TPSA) is 46.2 Å². The maximum Gasteiger partial charge on any atom is 0.259 e. The molecule has 0 atom stereocenters. The Morgan fingerprint density at radius 3 is 1.91 bits per heavy atom. The van der Waals surface area contributed by atoms with Gasteiger partial charge in [0.25, 0.3) is 11.8 Å². The van der Waals surface area contributed by atoms with Gasteiger partial charge >= 0.3 is 0 Å². The van der Waals surface area contributed by atoms with Crippen molar-refractivity contribution in [1.29, 1.82) is 0 Å². The second kappa shape index (κ2) is 5.21.